The molecule has 0 spiro atoms. The smallest absolute Gasteiger partial charge is 0.234 e. The molecule has 0 radical (unpaired) electrons. The van der Waals surface area contributed by atoms with Crippen molar-refractivity contribution in [1.82, 2.24) is 25.1 Å². The fourth-order valence-electron chi connectivity index (χ4n) is 2.90. The van der Waals surface area contributed by atoms with Gasteiger partial charge in [0.2, 0.25) is 11.7 Å². The third kappa shape index (κ3) is 2.46. The zero-order valence-electron chi connectivity index (χ0n) is 13.5. The van der Waals surface area contributed by atoms with Crippen LogP contribution in [0.25, 0.3) is 22.4 Å². The highest BCUT2D eigenvalue weighted by Gasteiger charge is 2.20. The molecule has 1 atom stereocenters. The van der Waals surface area contributed by atoms with Gasteiger partial charge in [-0.15, -0.1) is 5.10 Å². The van der Waals surface area contributed by atoms with E-state index in [1.165, 1.54) is 5.56 Å². The predicted octanol–water partition coefficient (Wildman–Crippen LogP) is 3.56. The second-order valence-electron chi connectivity index (χ2n) is 5.74. The van der Waals surface area contributed by atoms with Crippen molar-refractivity contribution in [2.45, 2.75) is 19.3 Å². The molecule has 0 saturated heterocycles. The largest absolute Gasteiger partial charge is 0.338 e. The quantitative estimate of drug-likeness (QED) is 0.575. The summed E-state index contributed by atoms with van der Waals surface area (Å²) in [7, 11) is 1.86. The predicted molar refractivity (Wildman–Crippen MR) is 90.4 cm³/mol. The number of hydrogen-bond acceptors (Lipinski definition) is 5. The van der Waals surface area contributed by atoms with E-state index in [1.807, 2.05) is 43.4 Å². The van der Waals surface area contributed by atoms with Crippen LogP contribution in [0.3, 0.4) is 0 Å². The maximum atomic E-state index is 5.55. The first-order valence-electron chi connectivity index (χ1n) is 7.94. The number of benzene rings is 2. The SMILES string of the molecule is CC[C@@H](c1ccccc1)c1nc(-c2ccc3nnn(C)c3c2)no1. The van der Waals surface area contributed by atoms with Gasteiger partial charge in [0.25, 0.3) is 0 Å². The molecule has 0 unspecified atom stereocenters. The summed E-state index contributed by atoms with van der Waals surface area (Å²) in [5.74, 6) is 1.33. The lowest BCUT2D eigenvalue weighted by Gasteiger charge is -2.09. The number of aromatic nitrogens is 5. The van der Waals surface area contributed by atoms with Gasteiger partial charge in [-0.25, -0.2) is 4.68 Å². The number of fused-ring (bicyclic) bond motifs is 1. The van der Waals surface area contributed by atoms with Crippen LogP contribution in [-0.2, 0) is 7.05 Å². The molecular formula is C18H17N5O. The third-order valence-electron chi connectivity index (χ3n) is 4.22. The lowest BCUT2D eigenvalue weighted by molar-refractivity contribution is 0.363. The third-order valence-corrected chi connectivity index (χ3v) is 4.22. The molecule has 120 valence electrons. The van der Waals surface area contributed by atoms with E-state index in [9.17, 15) is 0 Å². The van der Waals surface area contributed by atoms with Gasteiger partial charge in [-0.2, -0.15) is 4.98 Å². The molecule has 0 aliphatic carbocycles. The van der Waals surface area contributed by atoms with E-state index in [2.05, 4.69) is 39.5 Å². The van der Waals surface area contributed by atoms with Gasteiger partial charge in [0.1, 0.15) is 5.52 Å². The minimum atomic E-state index is 0.106. The highest BCUT2D eigenvalue weighted by molar-refractivity contribution is 5.79. The number of hydrogen-bond donors (Lipinski definition) is 0. The molecule has 2 aromatic heterocycles. The summed E-state index contributed by atoms with van der Waals surface area (Å²) >= 11 is 0. The Hall–Kier alpha value is -3.02. The van der Waals surface area contributed by atoms with Crippen molar-refractivity contribution in [1.29, 1.82) is 0 Å². The Bertz CT molecular complexity index is 973. The standard InChI is InChI=1S/C18H17N5O/c1-3-14(12-7-5-4-6-8-12)18-19-17(21-24-18)13-9-10-15-16(11-13)23(2)22-20-15/h4-11,14H,3H2,1-2H3/t14-/m0/s1. The lowest BCUT2D eigenvalue weighted by Crippen LogP contribution is -1.99. The summed E-state index contributed by atoms with van der Waals surface area (Å²) in [5.41, 5.74) is 3.86. The van der Waals surface area contributed by atoms with Crippen LogP contribution >= 0.6 is 0 Å². The van der Waals surface area contributed by atoms with Crippen LogP contribution in [0, 0.1) is 0 Å². The van der Waals surface area contributed by atoms with Crippen molar-refractivity contribution in [3.8, 4) is 11.4 Å². The van der Waals surface area contributed by atoms with Gasteiger partial charge in [0.15, 0.2) is 0 Å². The van der Waals surface area contributed by atoms with Gasteiger partial charge in [0.05, 0.1) is 11.4 Å². The summed E-state index contributed by atoms with van der Waals surface area (Å²) in [5, 5.41) is 12.3. The van der Waals surface area contributed by atoms with Crippen molar-refractivity contribution in [3.05, 3.63) is 60.0 Å². The molecule has 4 aromatic rings. The van der Waals surface area contributed by atoms with Crippen LogP contribution in [0.15, 0.2) is 53.1 Å². The Morgan fingerprint density at radius 2 is 1.96 bits per heavy atom. The average Bonchev–Trinajstić information content (AvgIpc) is 3.24. The fourth-order valence-corrected chi connectivity index (χ4v) is 2.90. The van der Waals surface area contributed by atoms with Crippen molar-refractivity contribution in [2.24, 2.45) is 7.05 Å². The van der Waals surface area contributed by atoms with Crippen molar-refractivity contribution >= 4 is 11.0 Å². The molecule has 24 heavy (non-hydrogen) atoms. The van der Waals surface area contributed by atoms with Gasteiger partial charge >= 0.3 is 0 Å². The lowest BCUT2D eigenvalue weighted by atomic mass is 9.96. The summed E-state index contributed by atoms with van der Waals surface area (Å²) in [6.07, 6.45) is 0.899. The number of aryl methyl sites for hydroxylation is 1. The maximum absolute atomic E-state index is 5.55. The van der Waals surface area contributed by atoms with Crippen LogP contribution in [0.4, 0.5) is 0 Å². The molecule has 2 heterocycles. The van der Waals surface area contributed by atoms with Crippen molar-refractivity contribution in [2.75, 3.05) is 0 Å². The van der Waals surface area contributed by atoms with Crippen LogP contribution in [0.2, 0.25) is 0 Å². The Morgan fingerprint density at radius 3 is 2.75 bits per heavy atom. The topological polar surface area (TPSA) is 69.6 Å². The first kappa shape index (κ1) is 14.6. The van der Waals surface area contributed by atoms with Crippen LogP contribution in [0.1, 0.15) is 30.7 Å². The van der Waals surface area contributed by atoms with E-state index in [0.29, 0.717) is 11.7 Å². The fraction of sp³-hybridized carbons (Fsp3) is 0.222. The molecule has 0 bridgehead atoms. The van der Waals surface area contributed by atoms with Crippen molar-refractivity contribution in [3.63, 3.8) is 0 Å². The van der Waals surface area contributed by atoms with Crippen LogP contribution in [-0.4, -0.2) is 25.1 Å². The van der Waals surface area contributed by atoms with E-state index in [1.54, 1.807) is 4.68 Å². The normalized spacial score (nSPS) is 12.6. The second-order valence-corrected chi connectivity index (χ2v) is 5.74. The molecule has 6 nitrogen and oxygen atoms in total. The zero-order chi connectivity index (χ0) is 16.5. The monoisotopic (exact) mass is 319 g/mol. The summed E-state index contributed by atoms with van der Waals surface area (Å²) < 4.78 is 7.29. The Kier molecular flexibility index (Phi) is 3.57. The highest BCUT2D eigenvalue weighted by atomic mass is 16.5. The zero-order valence-corrected chi connectivity index (χ0v) is 13.5. The highest BCUT2D eigenvalue weighted by Crippen LogP contribution is 2.28. The van der Waals surface area contributed by atoms with E-state index in [-0.39, 0.29) is 5.92 Å². The molecule has 4 rings (SSSR count). The molecule has 0 N–H and O–H groups in total. The number of nitrogens with zero attached hydrogens (tertiary/aromatic N) is 5. The maximum Gasteiger partial charge on any atom is 0.234 e. The molecule has 0 saturated carbocycles. The Labute approximate surface area is 139 Å². The van der Waals surface area contributed by atoms with Gasteiger partial charge in [-0.05, 0) is 30.2 Å². The molecule has 0 aliphatic rings. The van der Waals surface area contributed by atoms with Gasteiger partial charge in [-0.3, -0.25) is 0 Å². The van der Waals surface area contributed by atoms with Gasteiger partial charge in [-0.1, -0.05) is 47.6 Å². The second kappa shape index (κ2) is 5.88. The van der Waals surface area contributed by atoms with E-state index < -0.39 is 0 Å². The summed E-state index contributed by atoms with van der Waals surface area (Å²) in [6.45, 7) is 2.12. The van der Waals surface area contributed by atoms with E-state index in [0.717, 1.165) is 23.0 Å². The minimum Gasteiger partial charge on any atom is -0.338 e. The average molecular weight is 319 g/mol. The van der Waals surface area contributed by atoms with Gasteiger partial charge in [0, 0.05) is 12.6 Å². The van der Waals surface area contributed by atoms with Crippen molar-refractivity contribution < 1.29 is 4.52 Å². The van der Waals surface area contributed by atoms with E-state index >= 15 is 0 Å². The molecular weight excluding hydrogens is 302 g/mol. The summed E-state index contributed by atoms with van der Waals surface area (Å²) in [4.78, 5) is 4.62. The first-order chi connectivity index (χ1) is 11.8. The van der Waals surface area contributed by atoms with Crippen LogP contribution < -0.4 is 0 Å². The molecule has 0 amide bonds. The molecule has 0 aliphatic heterocycles. The van der Waals surface area contributed by atoms with E-state index in [4.69, 9.17) is 4.52 Å². The molecule has 2 aromatic carbocycles. The number of rotatable bonds is 4. The Balaban J connectivity index is 1.71. The van der Waals surface area contributed by atoms with Gasteiger partial charge < -0.3 is 4.52 Å². The van der Waals surface area contributed by atoms with Crippen LogP contribution in [0.5, 0.6) is 0 Å². The Morgan fingerprint density at radius 1 is 1.12 bits per heavy atom. The summed E-state index contributed by atoms with van der Waals surface area (Å²) in [6, 6.07) is 16.1. The molecule has 0 fully saturated rings. The first-order valence-corrected chi connectivity index (χ1v) is 7.94. The minimum absolute atomic E-state index is 0.106. The molecule has 6 heteroatoms.